The van der Waals surface area contributed by atoms with E-state index in [1.54, 1.807) is 36.0 Å². The number of unbranched alkanes of at least 4 members (excludes halogenated alkanes) is 9. The summed E-state index contributed by atoms with van der Waals surface area (Å²) >= 11 is 7.52. The van der Waals surface area contributed by atoms with Gasteiger partial charge < -0.3 is 0 Å². The molecular weight excluding hydrogens is 378 g/mol. The Morgan fingerprint density at radius 1 is 0.926 bits per heavy atom. The van der Waals surface area contributed by atoms with Gasteiger partial charge in [-0.3, -0.25) is 9.59 Å². The van der Waals surface area contributed by atoms with E-state index in [0.717, 1.165) is 12.2 Å². The molecule has 2 amide bonds. The van der Waals surface area contributed by atoms with E-state index in [0.29, 0.717) is 17.1 Å². The van der Waals surface area contributed by atoms with Gasteiger partial charge in [0.15, 0.2) is 0 Å². The first-order chi connectivity index (χ1) is 13.1. The summed E-state index contributed by atoms with van der Waals surface area (Å²) in [5.74, 6) is 0.761. The number of imide groups is 1. The second-order valence-corrected chi connectivity index (χ2v) is 9.04. The molecule has 1 saturated heterocycles. The molecule has 5 heteroatoms. The normalized spacial score (nSPS) is 17.1. The van der Waals surface area contributed by atoms with Crippen LogP contribution in [0, 0.1) is 0 Å². The second-order valence-electron chi connectivity index (χ2n) is 7.29. The number of carbonyl (C=O) groups is 2. The van der Waals surface area contributed by atoms with Gasteiger partial charge in [-0.25, -0.2) is 4.90 Å². The van der Waals surface area contributed by atoms with Crippen LogP contribution in [0.2, 0.25) is 5.02 Å². The molecule has 27 heavy (non-hydrogen) atoms. The molecule has 1 heterocycles. The lowest BCUT2D eigenvalue weighted by Crippen LogP contribution is -2.31. The van der Waals surface area contributed by atoms with Crippen LogP contribution in [-0.2, 0) is 9.59 Å². The Balaban J connectivity index is 1.58. The molecule has 1 fully saturated rings. The van der Waals surface area contributed by atoms with Gasteiger partial charge in [0, 0.05) is 11.4 Å². The number of anilines is 1. The first kappa shape index (κ1) is 22.3. The topological polar surface area (TPSA) is 37.4 Å². The molecule has 0 aliphatic carbocycles. The van der Waals surface area contributed by atoms with Crippen molar-refractivity contribution in [2.45, 2.75) is 82.8 Å². The summed E-state index contributed by atoms with van der Waals surface area (Å²) in [6.07, 6.45) is 13.4. The molecular formula is C22H32ClNO2S. The van der Waals surface area contributed by atoms with Gasteiger partial charge in [0.2, 0.25) is 11.8 Å². The van der Waals surface area contributed by atoms with Crippen LogP contribution >= 0.6 is 23.4 Å². The van der Waals surface area contributed by atoms with E-state index in [4.69, 9.17) is 11.6 Å². The monoisotopic (exact) mass is 409 g/mol. The van der Waals surface area contributed by atoms with Crippen molar-refractivity contribution < 1.29 is 9.59 Å². The smallest absolute Gasteiger partial charge is 0.247 e. The van der Waals surface area contributed by atoms with Gasteiger partial charge in [-0.1, -0.05) is 76.3 Å². The maximum atomic E-state index is 12.6. The molecule has 3 nitrogen and oxygen atoms in total. The molecule has 1 aromatic carbocycles. The summed E-state index contributed by atoms with van der Waals surface area (Å²) in [6, 6.07) is 6.88. The molecule has 0 aromatic heterocycles. The number of halogens is 1. The standard InChI is InChI=1S/C22H32ClNO2S/c1-2-3-4-5-6-7-8-9-10-11-16-27-20-17-21(25)24(22(20)26)19-14-12-18(23)13-15-19/h12-15,20H,2-11,16-17H2,1H3/t20-/m1/s1. The molecule has 0 bridgehead atoms. The minimum atomic E-state index is -0.230. The van der Waals surface area contributed by atoms with Crippen LogP contribution in [0.3, 0.4) is 0 Å². The molecule has 1 aliphatic heterocycles. The third-order valence-corrected chi connectivity index (χ3v) is 6.55. The predicted molar refractivity (Wildman–Crippen MR) is 117 cm³/mol. The lowest BCUT2D eigenvalue weighted by Gasteiger charge is -2.15. The van der Waals surface area contributed by atoms with Crippen molar-refractivity contribution in [2.24, 2.45) is 0 Å². The number of amides is 2. The van der Waals surface area contributed by atoms with E-state index in [2.05, 4.69) is 6.92 Å². The van der Waals surface area contributed by atoms with Gasteiger partial charge in [-0.2, -0.15) is 0 Å². The zero-order valence-electron chi connectivity index (χ0n) is 16.4. The lowest BCUT2D eigenvalue weighted by molar-refractivity contribution is -0.121. The average Bonchev–Trinajstić information content (AvgIpc) is 2.94. The highest BCUT2D eigenvalue weighted by molar-refractivity contribution is 8.00. The Morgan fingerprint density at radius 2 is 1.48 bits per heavy atom. The molecule has 0 saturated carbocycles. The van der Waals surface area contributed by atoms with Crippen LogP contribution in [0.1, 0.15) is 77.6 Å². The molecule has 1 atom stereocenters. The summed E-state index contributed by atoms with van der Waals surface area (Å²) in [5, 5.41) is 0.372. The van der Waals surface area contributed by atoms with E-state index in [1.165, 1.54) is 62.7 Å². The summed E-state index contributed by atoms with van der Waals surface area (Å²) in [4.78, 5) is 26.1. The number of hydrogen-bond donors (Lipinski definition) is 0. The highest BCUT2D eigenvalue weighted by Gasteiger charge is 2.39. The Morgan fingerprint density at radius 3 is 2.07 bits per heavy atom. The van der Waals surface area contributed by atoms with Gasteiger partial charge in [0.1, 0.15) is 0 Å². The Bertz CT molecular complexity index is 590. The van der Waals surface area contributed by atoms with Crippen molar-refractivity contribution in [1.29, 1.82) is 0 Å². The molecule has 0 spiro atoms. The van der Waals surface area contributed by atoms with Crippen molar-refractivity contribution in [2.75, 3.05) is 10.7 Å². The molecule has 2 rings (SSSR count). The molecule has 150 valence electrons. The Kier molecular flexibility index (Phi) is 10.3. The van der Waals surface area contributed by atoms with Crippen LogP contribution in [-0.4, -0.2) is 22.8 Å². The SMILES string of the molecule is CCCCCCCCCCCCS[C@@H]1CC(=O)N(c2ccc(Cl)cc2)C1=O. The molecule has 0 radical (unpaired) electrons. The Labute approximate surface area is 173 Å². The zero-order valence-corrected chi connectivity index (χ0v) is 18.0. The summed E-state index contributed by atoms with van der Waals surface area (Å²) in [6.45, 7) is 2.25. The summed E-state index contributed by atoms with van der Waals surface area (Å²) in [5.41, 5.74) is 0.622. The van der Waals surface area contributed by atoms with Crippen LogP contribution < -0.4 is 4.90 Å². The van der Waals surface area contributed by atoms with E-state index < -0.39 is 0 Å². The minimum Gasteiger partial charge on any atom is -0.274 e. The third-order valence-electron chi connectivity index (χ3n) is 5.01. The van der Waals surface area contributed by atoms with Gasteiger partial charge in [-0.15, -0.1) is 11.8 Å². The van der Waals surface area contributed by atoms with Gasteiger partial charge in [0.25, 0.3) is 0 Å². The first-order valence-electron chi connectivity index (χ1n) is 10.4. The second kappa shape index (κ2) is 12.5. The highest BCUT2D eigenvalue weighted by atomic mass is 35.5. The number of benzene rings is 1. The summed E-state index contributed by atoms with van der Waals surface area (Å²) in [7, 11) is 0. The van der Waals surface area contributed by atoms with Crippen LogP contribution in [0.5, 0.6) is 0 Å². The van der Waals surface area contributed by atoms with E-state index in [9.17, 15) is 9.59 Å². The van der Waals surface area contributed by atoms with Crippen molar-refractivity contribution in [3.05, 3.63) is 29.3 Å². The largest absolute Gasteiger partial charge is 0.274 e. The fourth-order valence-electron chi connectivity index (χ4n) is 3.41. The van der Waals surface area contributed by atoms with Crippen LogP contribution in [0.25, 0.3) is 0 Å². The highest BCUT2D eigenvalue weighted by Crippen LogP contribution is 2.30. The van der Waals surface area contributed by atoms with Crippen LogP contribution in [0.4, 0.5) is 5.69 Å². The minimum absolute atomic E-state index is 0.0839. The van der Waals surface area contributed by atoms with Gasteiger partial charge in [-0.05, 0) is 36.4 Å². The summed E-state index contributed by atoms with van der Waals surface area (Å²) < 4.78 is 0. The number of thioether (sulfide) groups is 1. The first-order valence-corrected chi connectivity index (χ1v) is 11.8. The van der Waals surface area contributed by atoms with E-state index >= 15 is 0 Å². The third kappa shape index (κ3) is 7.50. The number of nitrogens with zero attached hydrogens (tertiary/aromatic N) is 1. The molecule has 0 N–H and O–H groups in total. The average molecular weight is 410 g/mol. The van der Waals surface area contributed by atoms with Gasteiger partial charge in [0.05, 0.1) is 10.9 Å². The Hall–Kier alpha value is -1.00. The maximum absolute atomic E-state index is 12.6. The lowest BCUT2D eigenvalue weighted by atomic mass is 10.1. The maximum Gasteiger partial charge on any atom is 0.247 e. The van der Waals surface area contributed by atoms with Gasteiger partial charge >= 0.3 is 0 Å². The quantitative estimate of drug-likeness (QED) is 0.271. The van der Waals surface area contributed by atoms with Crippen molar-refractivity contribution in [3.63, 3.8) is 0 Å². The van der Waals surface area contributed by atoms with Crippen molar-refractivity contribution in [3.8, 4) is 0 Å². The van der Waals surface area contributed by atoms with Crippen molar-refractivity contribution >= 4 is 40.9 Å². The van der Waals surface area contributed by atoms with Crippen LogP contribution in [0.15, 0.2) is 24.3 Å². The fraction of sp³-hybridized carbons (Fsp3) is 0.636. The molecule has 1 aliphatic rings. The fourth-order valence-corrected chi connectivity index (χ4v) is 4.70. The van der Waals surface area contributed by atoms with E-state index in [-0.39, 0.29) is 17.1 Å². The number of rotatable bonds is 13. The number of hydrogen-bond acceptors (Lipinski definition) is 3. The van der Waals surface area contributed by atoms with Crippen molar-refractivity contribution in [1.82, 2.24) is 0 Å². The molecule has 1 aromatic rings. The zero-order chi connectivity index (χ0) is 19.5. The predicted octanol–water partition coefficient (Wildman–Crippen LogP) is 6.63. The molecule has 0 unspecified atom stereocenters. The number of carbonyl (C=O) groups excluding carboxylic acids is 2. The van der Waals surface area contributed by atoms with E-state index in [1.807, 2.05) is 0 Å².